The fourth-order valence-corrected chi connectivity index (χ4v) is 5.66. The van der Waals surface area contributed by atoms with Gasteiger partial charge in [-0.3, -0.25) is 4.90 Å². The number of hydrogen-bond acceptors (Lipinski definition) is 6. The van der Waals surface area contributed by atoms with Crippen LogP contribution in [0, 0.1) is 24.1 Å². The monoisotopic (exact) mass is 531 g/mol. The first-order valence-electron chi connectivity index (χ1n) is 12.7. The van der Waals surface area contributed by atoms with Crippen molar-refractivity contribution in [3.8, 4) is 23.3 Å². The molecular weight excluding hydrogens is 499 g/mol. The number of ether oxygens (including phenoxy) is 2. The lowest BCUT2D eigenvalue weighted by molar-refractivity contribution is 0.0915. The summed E-state index contributed by atoms with van der Waals surface area (Å²) in [4.78, 5) is 7.27. The van der Waals surface area contributed by atoms with Crippen LogP contribution in [0.4, 0.5) is 4.39 Å². The first kappa shape index (κ1) is 26.1. The zero-order valence-electron chi connectivity index (χ0n) is 22.5. The van der Waals surface area contributed by atoms with Crippen molar-refractivity contribution in [3.63, 3.8) is 0 Å². The maximum atomic E-state index is 13.9. The molecule has 0 N–H and O–H groups in total. The molecule has 0 spiro atoms. The van der Waals surface area contributed by atoms with Gasteiger partial charge < -0.3 is 14.0 Å². The Morgan fingerprint density at radius 2 is 2.00 bits per heavy atom. The third kappa shape index (κ3) is 4.73. The minimum atomic E-state index is -0.390. The number of nitrogens with zero attached hydrogens (tertiary/aromatic N) is 6. The average Bonchev–Trinajstić information content (AvgIpc) is 3.48. The van der Waals surface area contributed by atoms with Crippen LogP contribution in [0.25, 0.3) is 22.4 Å². The minimum absolute atomic E-state index is 0.144. The van der Waals surface area contributed by atoms with Gasteiger partial charge >= 0.3 is 8.80 Å². The molecule has 1 atom stereocenters. The SMILES string of the molecule is COc1c(C#N)ccc2c1cc(-c1nc3n(n1)CCN(C)C3c1ccc(F)cc1C)n2COCC[Si+](C)C. The fourth-order valence-electron chi connectivity index (χ4n) is 5.10. The summed E-state index contributed by atoms with van der Waals surface area (Å²) >= 11 is 0. The van der Waals surface area contributed by atoms with E-state index in [1.54, 1.807) is 19.2 Å². The molecule has 4 aromatic rings. The van der Waals surface area contributed by atoms with Gasteiger partial charge in [-0.15, -0.1) is 5.10 Å². The van der Waals surface area contributed by atoms with Crippen LogP contribution in [-0.2, 0) is 18.0 Å². The molecule has 2 aromatic heterocycles. The Hall–Kier alpha value is -3.52. The van der Waals surface area contributed by atoms with Crippen molar-refractivity contribution >= 4 is 19.7 Å². The molecule has 196 valence electrons. The number of hydrogen-bond donors (Lipinski definition) is 0. The van der Waals surface area contributed by atoms with Crippen LogP contribution in [0.5, 0.6) is 5.75 Å². The number of benzene rings is 2. The molecule has 3 heterocycles. The van der Waals surface area contributed by atoms with E-state index < -0.39 is 8.80 Å². The lowest BCUT2D eigenvalue weighted by Crippen LogP contribution is -2.36. The van der Waals surface area contributed by atoms with Crippen molar-refractivity contribution in [2.24, 2.45) is 0 Å². The zero-order chi connectivity index (χ0) is 27.0. The van der Waals surface area contributed by atoms with Crippen molar-refractivity contribution in [3.05, 3.63) is 64.7 Å². The maximum absolute atomic E-state index is 13.9. The number of aromatic nitrogens is 4. The van der Waals surface area contributed by atoms with Crippen LogP contribution in [0.3, 0.4) is 0 Å². The summed E-state index contributed by atoms with van der Waals surface area (Å²) in [5.41, 5.74) is 4.05. The van der Waals surface area contributed by atoms with E-state index in [-0.39, 0.29) is 11.9 Å². The summed E-state index contributed by atoms with van der Waals surface area (Å²) in [7, 11) is 3.24. The highest BCUT2D eigenvalue weighted by Crippen LogP contribution is 2.37. The predicted molar refractivity (Wildman–Crippen MR) is 146 cm³/mol. The second-order valence-corrected chi connectivity index (χ2v) is 13.0. The largest absolute Gasteiger partial charge is 0.495 e. The minimum Gasteiger partial charge on any atom is -0.495 e. The Morgan fingerprint density at radius 1 is 1.18 bits per heavy atom. The van der Waals surface area contributed by atoms with E-state index in [1.807, 2.05) is 29.8 Å². The van der Waals surface area contributed by atoms with Gasteiger partial charge in [0.25, 0.3) is 0 Å². The summed E-state index contributed by atoms with van der Waals surface area (Å²) in [6, 6.07) is 13.7. The molecule has 8 nitrogen and oxygen atoms in total. The summed E-state index contributed by atoms with van der Waals surface area (Å²) in [6.45, 7) is 8.98. The second kappa shape index (κ2) is 10.7. The molecule has 0 fully saturated rings. The molecule has 1 unspecified atom stereocenters. The maximum Gasteiger partial charge on any atom is 0.310 e. The molecule has 0 saturated heterocycles. The third-order valence-electron chi connectivity index (χ3n) is 7.13. The summed E-state index contributed by atoms with van der Waals surface area (Å²) in [6.07, 6.45) is 0. The molecule has 0 amide bonds. The summed E-state index contributed by atoms with van der Waals surface area (Å²) < 4.78 is 29.6. The van der Waals surface area contributed by atoms with Gasteiger partial charge in [-0.05, 0) is 55.4 Å². The van der Waals surface area contributed by atoms with Gasteiger partial charge in [-0.25, -0.2) is 14.1 Å². The van der Waals surface area contributed by atoms with E-state index in [9.17, 15) is 9.65 Å². The molecule has 0 saturated carbocycles. The topological polar surface area (TPSA) is 81.1 Å². The van der Waals surface area contributed by atoms with Crippen molar-refractivity contribution in [2.75, 3.05) is 27.3 Å². The molecule has 10 heteroatoms. The highest BCUT2D eigenvalue weighted by Gasteiger charge is 2.32. The van der Waals surface area contributed by atoms with Crippen LogP contribution < -0.4 is 4.74 Å². The van der Waals surface area contributed by atoms with Gasteiger partial charge in [0.15, 0.2) is 5.82 Å². The molecular formula is C28H32FN6O2Si+. The smallest absolute Gasteiger partial charge is 0.310 e. The Kier molecular flexibility index (Phi) is 7.34. The van der Waals surface area contributed by atoms with E-state index in [2.05, 4.69) is 35.7 Å². The van der Waals surface area contributed by atoms with Crippen molar-refractivity contribution in [1.82, 2.24) is 24.2 Å². The Balaban J connectivity index is 1.62. The fraction of sp³-hybridized carbons (Fsp3) is 0.393. The van der Waals surface area contributed by atoms with Gasteiger partial charge in [-0.1, -0.05) is 6.07 Å². The van der Waals surface area contributed by atoms with Crippen molar-refractivity contribution < 1.29 is 13.9 Å². The number of fused-ring (bicyclic) bond motifs is 2. The number of methoxy groups -OCH3 is 1. The number of nitriles is 1. The van der Waals surface area contributed by atoms with Crippen LogP contribution in [0.15, 0.2) is 36.4 Å². The van der Waals surface area contributed by atoms with E-state index in [4.69, 9.17) is 19.6 Å². The summed E-state index contributed by atoms with van der Waals surface area (Å²) in [5.74, 6) is 1.67. The number of aryl methyl sites for hydroxylation is 1. The van der Waals surface area contributed by atoms with Gasteiger partial charge in [0.05, 0.1) is 62.2 Å². The quantitative estimate of drug-likeness (QED) is 0.235. The second-order valence-electron chi connectivity index (χ2n) is 10.0. The Morgan fingerprint density at radius 3 is 2.71 bits per heavy atom. The normalized spacial score (nSPS) is 15.4. The molecule has 2 aromatic carbocycles. The molecule has 38 heavy (non-hydrogen) atoms. The predicted octanol–water partition coefficient (Wildman–Crippen LogP) is 4.99. The third-order valence-corrected chi connectivity index (χ3v) is 8.34. The van der Waals surface area contributed by atoms with E-state index >= 15 is 0 Å². The van der Waals surface area contributed by atoms with Gasteiger partial charge in [0.1, 0.15) is 30.2 Å². The number of likely N-dealkylation sites (N-methyl/N-ethyl adjacent to an activating group) is 1. The lowest BCUT2D eigenvalue weighted by atomic mass is 9.98. The van der Waals surface area contributed by atoms with Crippen LogP contribution >= 0.6 is 0 Å². The molecule has 0 aliphatic carbocycles. The highest BCUT2D eigenvalue weighted by atomic mass is 28.3. The molecule has 0 bridgehead atoms. The molecule has 1 aliphatic rings. The van der Waals surface area contributed by atoms with Crippen LogP contribution in [0.1, 0.15) is 28.6 Å². The van der Waals surface area contributed by atoms with Crippen molar-refractivity contribution in [1.29, 1.82) is 5.26 Å². The first-order valence-corrected chi connectivity index (χ1v) is 15.4. The Bertz CT molecular complexity index is 1520. The average molecular weight is 532 g/mol. The highest BCUT2D eigenvalue weighted by molar-refractivity contribution is 6.55. The van der Waals surface area contributed by atoms with Gasteiger partial charge in [0.2, 0.25) is 0 Å². The van der Waals surface area contributed by atoms with Gasteiger partial charge in [0, 0.05) is 11.9 Å². The summed E-state index contributed by atoms with van der Waals surface area (Å²) in [5, 5.41) is 15.4. The number of rotatable bonds is 8. The zero-order valence-corrected chi connectivity index (χ0v) is 23.5. The molecule has 5 rings (SSSR count). The molecule has 1 aliphatic heterocycles. The number of halogens is 1. The lowest BCUT2D eigenvalue weighted by Gasteiger charge is -2.33. The van der Waals surface area contributed by atoms with E-state index in [0.29, 0.717) is 37.0 Å². The van der Waals surface area contributed by atoms with E-state index in [1.165, 1.54) is 6.07 Å². The van der Waals surface area contributed by atoms with Gasteiger partial charge in [-0.2, -0.15) is 5.26 Å². The standard InChI is InChI=1S/C28H32FN6O2Si/c1-18-14-20(29)7-8-21(18)25-28-31-27(32-35(28)11-10-33(25)2)24-15-22-23(9-6-19(16-30)26(22)36-3)34(24)17-37-12-13-38(4)5/h6-9,14-15,25H,10-13,17H2,1-5H3/q+1. The van der Waals surface area contributed by atoms with Crippen LogP contribution in [-0.4, -0.2) is 60.3 Å². The molecule has 0 radical (unpaired) electrons. The van der Waals surface area contributed by atoms with Crippen LogP contribution in [0.2, 0.25) is 19.1 Å². The first-order chi connectivity index (χ1) is 18.3. The van der Waals surface area contributed by atoms with E-state index in [0.717, 1.165) is 46.1 Å². The Labute approximate surface area is 223 Å². The van der Waals surface area contributed by atoms with Crippen molar-refractivity contribution in [2.45, 2.75) is 45.4 Å².